The molecule has 0 spiro atoms. The maximum atomic E-state index is 12.0. The van der Waals surface area contributed by atoms with E-state index in [2.05, 4.69) is 33.0 Å². The largest absolute Gasteiger partial charge is 0.464 e. The Morgan fingerprint density at radius 2 is 2.24 bits per heavy atom. The van der Waals surface area contributed by atoms with Crippen LogP contribution in [0.4, 0.5) is 0 Å². The van der Waals surface area contributed by atoms with Gasteiger partial charge < -0.3 is 10.1 Å². The van der Waals surface area contributed by atoms with E-state index in [-0.39, 0.29) is 17.4 Å². The average Bonchev–Trinajstić information content (AvgIpc) is 2.26. The minimum atomic E-state index is -0.134. The Bertz CT molecular complexity index is 251. The van der Waals surface area contributed by atoms with E-state index in [1.54, 1.807) is 0 Å². The molecular formula is C14H27NO2. The molecule has 1 heterocycles. The number of carbonyl (C=O) groups is 1. The van der Waals surface area contributed by atoms with Crippen molar-refractivity contribution in [3.05, 3.63) is 0 Å². The number of rotatable bonds is 5. The lowest BCUT2D eigenvalue weighted by Crippen LogP contribution is -2.52. The van der Waals surface area contributed by atoms with Crippen molar-refractivity contribution >= 4 is 5.97 Å². The van der Waals surface area contributed by atoms with Crippen LogP contribution in [-0.4, -0.2) is 25.2 Å². The van der Waals surface area contributed by atoms with Crippen molar-refractivity contribution in [1.29, 1.82) is 0 Å². The van der Waals surface area contributed by atoms with Crippen molar-refractivity contribution in [2.75, 3.05) is 13.2 Å². The molecule has 1 N–H and O–H groups in total. The third-order valence-electron chi connectivity index (χ3n) is 3.66. The lowest BCUT2D eigenvalue weighted by Gasteiger charge is -2.37. The van der Waals surface area contributed by atoms with E-state index in [1.807, 2.05) is 0 Å². The quantitative estimate of drug-likeness (QED) is 0.752. The molecule has 0 aromatic heterocycles. The van der Waals surface area contributed by atoms with E-state index in [1.165, 1.54) is 0 Å². The normalized spacial score (nSPS) is 25.3. The van der Waals surface area contributed by atoms with Gasteiger partial charge in [0.25, 0.3) is 0 Å². The highest BCUT2D eigenvalue weighted by molar-refractivity contribution is 5.77. The highest BCUT2D eigenvalue weighted by Crippen LogP contribution is 2.30. The molecule has 0 amide bonds. The minimum absolute atomic E-state index is 0.0172. The second kappa shape index (κ2) is 6.39. The summed E-state index contributed by atoms with van der Waals surface area (Å²) < 4.78 is 5.43. The fraction of sp³-hybridized carbons (Fsp3) is 0.929. The zero-order chi connectivity index (χ0) is 12.9. The van der Waals surface area contributed by atoms with Crippen LogP contribution < -0.4 is 5.32 Å². The van der Waals surface area contributed by atoms with Gasteiger partial charge in [-0.3, -0.25) is 4.79 Å². The zero-order valence-electron chi connectivity index (χ0n) is 11.7. The zero-order valence-corrected chi connectivity index (χ0v) is 11.7. The van der Waals surface area contributed by atoms with Gasteiger partial charge in [-0.1, -0.05) is 34.1 Å². The highest BCUT2D eigenvalue weighted by Gasteiger charge is 2.38. The van der Waals surface area contributed by atoms with Gasteiger partial charge in [0.2, 0.25) is 0 Å². The van der Waals surface area contributed by atoms with Crippen LogP contribution in [0, 0.1) is 11.3 Å². The molecule has 100 valence electrons. The van der Waals surface area contributed by atoms with Gasteiger partial charge in [0, 0.05) is 0 Å². The Balaban J connectivity index is 2.41. The Morgan fingerprint density at radius 1 is 1.53 bits per heavy atom. The molecule has 3 heteroatoms. The van der Waals surface area contributed by atoms with Crippen LogP contribution in [0.3, 0.4) is 0 Å². The van der Waals surface area contributed by atoms with Crippen molar-refractivity contribution in [2.45, 2.75) is 59.4 Å². The fourth-order valence-electron chi connectivity index (χ4n) is 2.50. The van der Waals surface area contributed by atoms with Crippen LogP contribution in [0.1, 0.15) is 53.4 Å². The van der Waals surface area contributed by atoms with E-state index < -0.39 is 0 Å². The molecule has 0 aliphatic carbocycles. The summed E-state index contributed by atoms with van der Waals surface area (Å²) in [4.78, 5) is 12.0. The Morgan fingerprint density at radius 3 is 2.82 bits per heavy atom. The average molecular weight is 241 g/mol. The summed E-state index contributed by atoms with van der Waals surface area (Å²) in [6.07, 6.45) is 4.49. The first-order chi connectivity index (χ1) is 7.97. The van der Waals surface area contributed by atoms with Crippen molar-refractivity contribution in [3.63, 3.8) is 0 Å². The molecule has 0 aromatic carbocycles. The number of carbonyl (C=O) groups excluding carboxylic acids is 1. The second-order valence-electron chi connectivity index (χ2n) is 6.00. The minimum Gasteiger partial charge on any atom is -0.464 e. The van der Waals surface area contributed by atoms with Gasteiger partial charge in [-0.25, -0.2) is 0 Å². The van der Waals surface area contributed by atoms with E-state index in [9.17, 15) is 4.79 Å². The predicted octanol–water partition coefficient (Wildman–Crippen LogP) is 2.74. The van der Waals surface area contributed by atoms with Crippen molar-refractivity contribution in [2.24, 2.45) is 11.3 Å². The highest BCUT2D eigenvalue weighted by atomic mass is 16.5. The number of hydrogen-bond acceptors (Lipinski definition) is 3. The van der Waals surface area contributed by atoms with Gasteiger partial charge in [0.15, 0.2) is 0 Å². The van der Waals surface area contributed by atoms with Crippen LogP contribution >= 0.6 is 0 Å². The molecule has 1 fully saturated rings. The monoisotopic (exact) mass is 241 g/mol. The van der Waals surface area contributed by atoms with Gasteiger partial charge in [-0.05, 0) is 37.1 Å². The molecular weight excluding hydrogens is 214 g/mol. The van der Waals surface area contributed by atoms with Gasteiger partial charge in [-0.2, -0.15) is 0 Å². The number of nitrogens with one attached hydrogen (secondary N) is 1. The van der Waals surface area contributed by atoms with Gasteiger partial charge in [0.05, 0.1) is 6.61 Å². The number of ether oxygens (including phenoxy) is 1. The Labute approximate surface area is 105 Å². The molecule has 0 aromatic rings. The van der Waals surface area contributed by atoms with Gasteiger partial charge in [-0.15, -0.1) is 0 Å². The van der Waals surface area contributed by atoms with Crippen LogP contribution in [0.25, 0.3) is 0 Å². The molecule has 0 radical (unpaired) electrons. The standard InChI is InChI=1S/C14H27NO2/c1-5-7-11(2)10-17-13(16)12-14(3,4)8-6-9-15-12/h11-12,15H,5-10H2,1-4H3. The molecule has 0 saturated carbocycles. The first-order valence-corrected chi connectivity index (χ1v) is 6.87. The molecule has 1 aliphatic heterocycles. The number of esters is 1. The first-order valence-electron chi connectivity index (χ1n) is 6.87. The molecule has 1 saturated heterocycles. The topological polar surface area (TPSA) is 38.3 Å². The number of piperidine rings is 1. The summed E-state index contributed by atoms with van der Waals surface area (Å²) in [6, 6.07) is -0.134. The van der Waals surface area contributed by atoms with Gasteiger partial charge >= 0.3 is 5.97 Å². The lowest BCUT2D eigenvalue weighted by molar-refractivity contribution is -0.151. The second-order valence-corrected chi connectivity index (χ2v) is 6.00. The van der Waals surface area contributed by atoms with Crippen LogP contribution in [0.5, 0.6) is 0 Å². The molecule has 2 unspecified atom stereocenters. The Kier molecular flexibility index (Phi) is 5.44. The van der Waals surface area contributed by atoms with Crippen molar-refractivity contribution in [3.8, 4) is 0 Å². The van der Waals surface area contributed by atoms with Crippen molar-refractivity contribution < 1.29 is 9.53 Å². The molecule has 17 heavy (non-hydrogen) atoms. The Hall–Kier alpha value is -0.570. The van der Waals surface area contributed by atoms with E-state index in [0.717, 1.165) is 32.2 Å². The summed E-state index contributed by atoms with van der Waals surface area (Å²) >= 11 is 0. The van der Waals surface area contributed by atoms with E-state index in [4.69, 9.17) is 4.74 Å². The smallest absolute Gasteiger partial charge is 0.323 e. The third-order valence-corrected chi connectivity index (χ3v) is 3.66. The molecule has 3 nitrogen and oxygen atoms in total. The predicted molar refractivity (Wildman–Crippen MR) is 69.8 cm³/mol. The first kappa shape index (κ1) is 14.5. The van der Waals surface area contributed by atoms with Crippen LogP contribution in [-0.2, 0) is 9.53 Å². The van der Waals surface area contributed by atoms with Crippen LogP contribution in [0.15, 0.2) is 0 Å². The van der Waals surface area contributed by atoms with E-state index >= 15 is 0 Å². The summed E-state index contributed by atoms with van der Waals surface area (Å²) in [7, 11) is 0. The molecule has 1 rings (SSSR count). The third kappa shape index (κ3) is 4.30. The molecule has 1 aliphatic rings. The maximum absolute atomic E-state index is 12.0. The summed E-state index contributed by atoms with van der Waals surface area (Å²) in [5, 5.41) is 3.29. The van der Waals surface area contributed by atoms with Crippen LogP contribution in [0.2, 0.25) is 0 Å². The van der Waals surface area contributed by atoms with E-state index in [0.29, 0.717) is 12.5 Å². The van der Waals surface area contributed by atoms with Gasteiger partial charge in [0.1, 0.15) is 6.04 Å². The summed E-state index contributed by atoms with van der Waals surface area (Å²) in [5.74, 6) is 0.397. The molecule has 0 bridgehead atoms. The maximum Gasteiger partial charge on any atom is 0.323 e. The van der Waals surface area contributed by atoms with Crippen molar-refractivity contribution in [1.82, 2.24) is 5.32 Å². The summed E-state index contributed by atoms with van der Waals surface area (Å²) in [6.45, 7) is 10.1. The summed E-state index contributed by atoms with van der Waals surface area (Å²) in [5.41, 5.74) is 0.0172. The SMILES string of the molecule is CCCC(C)COC(=O)C1NCCCC1(C)C. The lowest BCUT2D eigenvalue weighted by atomic mass is 9.77. The fourth-order valence-corrected chi connectivity index (χ4v) is 2.50. The molecule has 2 atom stereocenters. The number of hydrogen-bond donors (Lipinski definition) is 1.